The third kappa shape index (κ3) is 5.49. The lowest BCUT2D eigenvalue weighted by atomic mass is 10.1. The molecule has 1 aromatic carbocycles. The second-order valence-electron chi connectivity index (χ2n) is 7.89. The summed E-state index contributed by atoms with van der Waals surface area (Å²) in [6.45, 7) is 14.5. The number of anilines is 1. The first kappa shape index (κ1) is 20.8. The molecule has 1 aromatic heterocycles. The Morgan fingerprint density at radius 2 is 1.77 bits per heavy atom. The van der Waals surface area contributed by atoms with E-state index in [-0.39, 0.29) is 6.04 Å². The van der Waals surface area contributed by atoms with E-state index >= 15 is 0 Å². The number of nitrogens with zero attached hydrogens (tertiary/aromatic N) is 2. The van der Waals surface area contributed by atoms with Gasteiger partial charge in [0.15, 0.2) is 0 Å². The molecule has 1 atom stereocenters. The van der Waals surface area contributed by atoms with Crippen LogP contribution in [0.15, 0.2) is 24.4 Å². The second-order valence-corrected chi connectivity index (χ2v) is 8.27. The van der Waals surface area contributed by atoms with Crippen molar-refractivity contribution in [2.45, 2.75) is 40.7 Å². The number of pyridine rings is 1. The molecular weight excluding hydrogens is 346 g/mol. The zero-order valence-corrected chi connectivity index (χ0v) is 17.6. The van der Waals surface area contributed by atoms with Crippen LogP contribution in [0.25, 0.3) is 10.9 Å². The highest BCUT2D eigenvalue weighted by Crippen LogP contribution is 2.37. The third-order valence-electron chi connectivity index (χ3n) is 4.19. The van der Waals surface area contributed by atoms with Crippen molar-refractivity contribution in [1.82, 2.24) is 9.88 Å². The van der Waals surface area contributed by atoms with Crippen molar-refractivity contribution in [3.63, 3.8) is 0 Å². The molecule has 5 heteroatoms. The number of hydrogen-bond acceptors (Lipinski definition) is 4. The maximum atomic E-state index is 6.45. The summed E-state index contributed by atoms with van der Waals surface area (Å²) in [6, 6.07) is 6.10. The van der Waals surface area contributed by atoms with E-state index in [4.69, 9.17) is 16.3 Å². The van der Waals surface area contributed by atoms with Crippen LogP contribution >= 0.6 is 11.6 Å². The molecule has 0 amide bonds. The average molecular weight is 378 g/mol. The Hall–Kier alpha value is -1.52. The topological polar surface area (TPSA) is 37.4 Å². The highest BCUT2D eigenvalue weighted by atomic mass is 35.5. The van der Waals surface area contributed by atoms with Crippen molar-refractivity contribution in [2.24, 2.45) is 11.8 Å². The number of nitrogens with one attached hydrogen (secondary N) is 1. The number of ether oxygens (including phenoxy) is 1. The Bertz CT molecular complexity index is 708. The van der Waals surface area contributed by atoms with Gasteiger partial charge in [-0.2, -0.15) is 0 Å². The van der Waals surface area contributed by atoms with E-state index in [1.165, 1.54) is 0 Å². The Morgan fingerprint density at radius 1 is 1.12 bits per heavy atom. The summed E-state index contributed by atoms with van der Waals surface area (Å²) >= 11 is 6.45. The maximum absolute atomic E-state index is 6.45. The molecule has 0 saturated heterocycles. The molecule has 0 saturated carbocycles. The van der Waals surface area contributed by atoms with Gasteiger partial charge in [0.25, 0.3) is 0 Å². The minimum Gasteiger partial charge on any atom is -0.495 e. The fourth-order valence-corrected chi connectivity index (χ4v) is 3.69. The van der Waals surface area contributed by atoms with Gasteiger partial charge in [0.1, 0.15) is 5.75 Å². The molecule has 1 heterocycles. The van der Waals surface area contributed by atoms with Gasteiger partial charge >= 0.3 is 0 Å². The summed E-state index contributed by atoms with van der Waals surface area (Å²) < 4.78 is 5.45. The van der Waals surface area contributed by atoms with Gasteiger partial charge in [-0.25, -0.2) is 0 Å². The fraction of sp³-hybridized carbons (Fsp3) is 0.571. The van der Waals surface area contributed by atoms with Gasteiger partial charge in [-0.3, -0.25) is 4.98 Å². The molecule has 2 rings (SSSR count). The van der Waals surface area contributed by atoms with Crippen molar-refractivity contribution in [3.8, 4) is 5.75 Å². The summed E-state index contributed by atoms with van der Waals surface area (Å²) in [4.78, 5) is 7.07. The van der Waals surface area contributed by atoms with Gasteiger partial charge in [0, 0.05) is 43.3 Å². The standard InChI is InChI=1S/C21H32ClN3O/c1-14(2)11-25(12-15(3)4)13-16(5)24-18-10-19(26-6)20(22)17-8-7-9-23-21(17)18/h7-10,14-16,24H,11-13H2,1-6H3. The first-order valence-electron chi connectivity index (χ1n) is 9.41. The van der Waals surface area contributed by atoms with E-state index < -0.39 is 0 Å². The molecule has 2 aromatic rings. The molecule has 0 aliphatic heterocycles. The predicted molar refractivity (Wildman–Crippen MR) is 113 cm³/mol. The lowest BCUT2D eigenvalue weighted by Crippen LogP contribution is -2.39. The first-order chi connectivity index (χ1) is 12.3. The smallest absolute Gasteiger partial charge is 0.140 e. The number of benzene rings is 1. The number of rotatable bonds is 9. The Balaban J connectivity index is 2.22. The van der Waals surface area contributed by atoms with Gasteiger partial charge in [-0.05, 0) is 30.9 Å². The lowest BCUT2D eigenvalue weighted by molar-refractivity contribution is 0.214. The molecular formula is C21H32ClN3O. The van der Waals surface area contributed by atoms with E-state index in [2.05, 4.69) is 49.8 Å². The molecule has 0 aliphatic carbocycles. The van der Waals surface area contributed by atoms with Gasteiger partial charge in [0.05, 0.1) is 23.3 Å². The van der Waals surface area contributed by atoms with Crippen LogP contribution in [0.2, 0.25) is 5.02 Å². The molecule has 1 unspecified atom stereocenters. The number of hydrogen-bond donors (Lipinski definition) is 1. The number of methoxy groups -OCH3 is 1. The molecule has 4 nitrogen and oxygen atoms in total. The van der Waals surface area contributed by atoms with Crippen molar-refractivity contribution in [3.05, 3.63) is 29.4 Å². The second kappa shape index (κ2) is 9.43. The van der Waals surface area contributed by atoms with Crippen LogP contribution in [0.1, 0.15) is 34.6 Å². The molecule has 0 bridgehead atoms. The van der Waals surface area contributed by atoms with E-state index in [1.807, 2.05) is 18.2 Å². The molecule has 0 spiro atoms. The summed E-state index contributed by atoms with van der Waals surface area (Å²) in [5, 5.41) is 5.13. The number of halogens is 1. The van der Waals surface area contributed by atoms with Gasteiger partial charge in [-0.15, -0.1) is 0 Å². The third-order valence-corrected chi connectivity index (χ3v) is 4.58. The van der Waals surface area contributed by atoms with Crippen LogP contribution in [-0.4, -0.2) is 42.7 Å². The highest BCUT2D eigenvalue weighted by Gasteiger charge is 2.16. The Kier molecular flexibility index (Phi) is 7.54. The quantitative estimate of drug-likeness (QED) is 0.642. The van der Waals surface area contributed by atoms with Crippen molar-refractivity contribution >= 4 is 28.2 Å². The molecule has 1 N–H and O–H groups in total. The first-order valence-corrected chi connectivity index (χ1v) is 9.79. The van der Waals surface area contributed by atoms with E-state index in [1.54, 1.807) is 13.3 Å². The summed E-state index contributed by atoms with van der Waals surface area (Å²) in [7, 11) is 1.64. The SMILES string of the molecule is COc1cc(NC(C)CN(CC(C)C)CC(C)C)c2ncccc2c1Cl. The molecule has 26 heavy (non-hydrogen) atoms. The monoisotopic (exact) mass is 377 g/mol. The van der Waals surface area contributed by atoms with Crippen molar-refractivity contribution in [1.29, 1.82) is 0 Å². The largest absolute Gasteiger partial charge is 0.495 e. The molecule has 0 aliphatic rings. The summed E-state index contributed by atoms with van der Waals surface area (Å²) in [5.41, 5.74) is 1.84. The number of aromatic nitrogens is 1. The van der Waals surface area contributed by atoms with Crippen LogP contribution in [0.5, 0.6) is 5.75 Å². The van der Waals surface area contributed by atoms with E-state index in [9.17, 15) is 0 Å². The van der Waals surface area contributed by atoms with Gasteiger partial charge < -0.3 is 15.0 Å². The Labute approximate surface area is 162 Å². The van der Waals surface area contributed by atoms with Gasteiger partial charge in [-0.1, -0.05) is 39.3 Å². The lowest BCUT2D eigenvalue weighted by Gasteiger charge is -2.29. The van der Waals surface area contributed by atoms with Crippen LogP contribution in [0.3, 0.4) is 0 Å². The molecule has 0 radical (unpaired) electrons. The summed E-state index contributed by atoms with van der Waals surface area (Å²) in [6.07, 6.45) is 1.80. The fourth-order valence-electron chi connectivity index (χ4n) is 3.41. The van der Waals surface area contributed by atoms with Crippen molar-refractivity contribution < 1.29 is 4.74 Å². The summed E-state index contributed by atoms with van der Waals surface area (Å²) in [5.74, 6) is 1.97. The molecule has 144 valence electrons. The zero-order chi connectivity index (χ0) is 19.3. The normalized spacial score (nSPS) is 13.0. The van der Waals surface area contributed by atoms with Crippen molar-refractivity contribution in [2.75, 3.05) is 32.1 Å². The maximum Gasteiger partial charge on any atom is 0.140 e. The van der Waals surface area contributed by atoms with Crippen LogP contribution < -0.4 is 10.1 Å². The Morgan fingerprint density at radius 3 is 2.35 bits per heavy atom. The highest BCUT2D eigenvalue weighted by molar-refractivity contribution is 6.37. The van der Waals surface area contributed by atoms with Crippen LogP contribution in [-0.2, 0) is 0 Å². The minimum absolute atomic E-state index is 0.281. The van der Waals surface area contributed by atoms with Crippen LogP contribution in [0.4, 0.5) is 5.69 Å². The molecule has 0 fully saturated rings. The average Bonchev–Trinajstić information content (AvgIpc) is 2.56. The van der Waals surface area contributed by atoms with Crippen LogP contribution in [0, 0.1) is 11.8 Å². The van der Waals surface area contributed by atoms with E-state index in [0.717, 1.165) is 36.2 Å². The van der Waals surface area contributed by atoms with Gasteiger partial charge in [0.2, 0.25) is 0 Å². The van der Waals surface area contributed by atoms with E-state index in [0.29, 0.717) is 22.6 Å². The number of fused-ring (bicyclic) bond motifs is 1. The zero-order valence-electron chi connectivity index (χ0n) is 16.8. The predicted octanol–water partition coefficient (Wildman–Crippen LogP) is 5.31. The minimum atomic E-state index is 0.281.